The fourth-order valence-corrected chi connectivity index (χ4v) is 4.57. The summed E-state index contributed by atoms with van der Waals surface area (Å²) in [5.74, 6) is -2.81. The Labute approximate surface area is 264 Å². The third-order valence-corrected chi connectivity index (χ3v) is 6.78. The topological polar surface area (TPSA) is 109 Å². The van der Waals surface area contributed by atoms with E-state index >= 15 is 13.2 Å². The molecule has 0 fully saturated rings. The summed E-state index contributed by atoms with van der Waals surface area (Å²) in [6, 6.07) is 14.6. The van der Waals surface area contributed by atoms with E-state index in [9.17, 15) is 18.0 Å². The fourth-order valence-electron chi connectivity index (χ4n) is 4.57. The molecule has 0 aliphatic carbocycles. The number of para-hydroxylation sites is 1. The van der Waals surface area contributed by atoms with Gasteiger partial charge in [-0.05, 0) is 50.5 Å². The maximum absolute atomic E-state index is 15.1. The molecule has 5 rings (SSSR count). The van der Waals surface area contributed by atoms with E-state index in [0.717, 1.165) is 0 Å². The summed E-state index contributed by atoms with van der Waals surface area (Å²) >= 11 is 0. The van der Waals surface area contributed by atoms with Gasteiger partial charge in [-0.3, -0.25) is 5.32 Å². The second kappa shape index (κ2) is 12.7. The Morgan fingerprint density at radius 2 is 1.66 bits per heavy atom. The van der Waals surface area contributed by atoms with Crippen molar-refractivity contribution in [3.8, 4) is 23.2 Å². The van der Waals surface area contributed by atoms with Gasteiger partial charge in [0.2, 0.25) is 11.5 Å². The van der Waals surface area contributed by atoms with Crippen LogP contribution in [0, 0.1) is 0 Å². The molecule has 4 aromatic rings. The molecule has 0 saturated heterocycles. The number of nitrogens with zero attached hydrogens (tertiary/aromatic N) is 3. The number of amides is 1. The van der Waals surface area contributed by atoms with Gasteiger partial charge < -0.3 is 18.6 Å². The highest BCUT2D eigenvalue weighted by Crippen LogP contribution is 2.47. The first-order valence-corrected chi connectivity index (χ1v) is 14.2. The average Bonchev–Trinajstić information content (AvgIpc) is 3.46. The Balaban J connectivity index is 1.73. The smallest absolute Gasteiger partial charge is 0.426 e. The minimum atomic E-state index is -5.12. The minimum Gasteiger partial charge on any atom is -0.444 e. The zero-order chi connectivity index (χ0) is 34.0. The third-order valence-electron chi connectivity index (χ3n) is 6.78. The van der Waals surface area contributed by atoms with Gasteiger partial charge in [-0.15, -0.1) is 10.2 Å². The standard InChI is InChI=1S/C32H28F6N4O5/c1-29(2,3)47-28(43)39-22-17-21(31(33,34)35)25-40-24(22)26-41-42-27(46-26)30(32(36,37)38,44-18-19-11-5-4-6-12-19)16-10-9-14-20-13-7-8-15-23(20)45-25/h4-13,15,17H,14,16,18H2,1-3H3,(H,39,43). The molecule has 15 heteroatoms. The third kappa shape index (κ3) is 7.56. The normalized spacial score (nSPS) is 16.9. The van der Waals surface area contributed by atoms with Crippen LogP contribution in [0.25, 0.3) is 11.6 Å². The van der Waals surface area contributed by atoms with Gasteiger partial charge in [0.25, 0.3) is 11.8 Å². The van der Waals surface area contributed by atoms with Crippen LogP contribution < -0.4 is 10.1 Å². The monoisotopic (exact) mass is 662 g/mol. The number of pyridine rings is 1. The van der Waals surface area contributed by atoms with E-state index in [0.29, 0.717) is 17.2 Å². The number of carbonyl (C=O) groups is 1. The Morgan fingerprint density at radius 1 is 0.957 bits per heavy atom. The number of ether oxygens (including phenoxy) is 3. The summed E-state index contributed by atoms with van der Waals surface area (Å²) in [6.07, 6.45) is -9.57. The first-order chi connectivity index (χ1) is 22.1. The maximum atomic E-state index is 15.1. The van der Waals surface area contributed by atoms with E-state index in [-0.39, 0.29) is 12.2 Å². The number of rotatable bonds is 4. The summed E-state index contributed by atoms with van der Waals surface area (Å²) in [6.45, 7) is 4.07. The summed E-state index contributed by atoms with van der Waals surface area (Å²) in [4.78, 5) is 16.7. The van der Waals surface area contributed by atoms with Gasteiger partial charge in [-0.2, -0.15) is 26.3 Å². The maximum Gasteiger partial charge on any atom is 0.426 e. The molecule has 1 N–H and O–H groups in total. The van der Waals surface area contributed by atoms with Crippen molar-refractivity contribution in [3.63, 3.8) is 0 Å². The molecule has 1 amide bonds. The van der Waals surface area contributed by atoms with E-state index in [1.165, 1.54) is 45.1 Å². The van der Waals surface area contributed by atoms with Gasteiger partial charge in [-0.25, -0.2) is 9.78 Å². The van der Waals surface area contributed by atoms with Gasteiger partial charge in [0.05, 0.1) is 12.3 Å². The van der Waals surface area contributed by atoms with Crippen molar-refractivity contribution in [1.82, 2.24) is 15.2 Å². The summed E-state index contributed by atoms with van der Waals surface area (Å²) in [5, 5.41) is 9.52. The number of anilines is 1. The highest BCUT2D eigenvalue weighted by molar-refractivity contribution is 5.89. The molecule has 2 aromatic heterocycles. The van der Waals surface area contributed by atoms with Crippen molar-refractivity contribution in [2.45, 2.75) is 63.8 Å². The predicted molar refractivity (Wildman–Crippen MR) is 155 cm³/mol. The van der Waals surface area contributed by atoms with Crippen molar-refractivity contribution in [3.05, 3.63) is 95.4 Å². The van der Waals surface area contributed by atoms with Crippen molar-refractivity contribution in [2.24, 2.45) is 0 Å². The molecule has 1 unspecified atom stereocenters. The van der Waals surface area contributed by atoms with Crippen molar-refractivity contribution < 1.29 is 49.8 Å². The molecular weight excluding hydrogens is 634 g/mol. The number of hydrogen-bond donors (Lipinski definition) is 1. The Hall–Kier alpha value is -4.92. The Kier molecular flexibility index (Phi) is 9.04. The highest BCUT2D eigenvalue weighted by Gasteiger charge is 2.61. The van der Waals surface area contributed by atoms with Crippen LogP contribution >= 0.6 is 0 Å². The molecule has 1 aliphatic heterocycles. The van der Waals surface area contributed by atoms with E-state index < -0.39 is 77.3 Å². The van der Waals surface area contributed by atoms with Gasteiger partial charge in [-0.1, -0.05) is 60.7 Å². The van der Waals surface area contributed by atoms with Crippen LogP contribution in [0.5, 0.6) is 11.6 Å². The van der Waals surface area contributed by atoms with Gasteiger partial charge in [0, 0.05) is 6.42 Å². The van der Waals surface area contributed by atoms with Crippen LogP contribution in [-0.4, -0.2) is 33.1 Å². The second-order valence-corrected chi connectivity index (χ2v) is 11.5. The van der Waals surface area contributed by atoms with Gasteiger partial charge in [0.1, 0.15) is 16.9 Å². The molecule has 0 radical (unpaired) electrons. The number of carbonyl (C=O) groups excluding carboxylic acids is 1. The largest absolute Gasteiger partial charge is 0.444 e. The van der Waals surface area contributed by atoms with Crippen molar-refractivity contribution >= 4 is 11.8 Å². The summed E-state index contributed by atoms with van der Waals surface area (Å²) in [7, 11) is 0. The molecule has 9 nitrogen and oxygen atoms in total. The predicted octanol–water partition coefficient (Wildman–Crippen LogP) is 8.77. The van der Waals surface area contributed by atoms with E-state index in [1.807, 2.05) is 0 Å². The Bertz CT molecular complexity index is 1770. The number of benzene rings is 2. The van der Waals surface area contributed by atoms with E-state index in [4.69, 9.17) is 18.6 Å². The minimum absolute atomic E-state index is 0.0234. The molecule has 2 aromatic carbocycles. The first-order valence-electron chi connectivity index (χ1n) is 14.2. The lowest BCUT2D eigenvalue weighted by atomic mass is 9.97. The first kappa shape index (κ1) is 33.4. The molecule has 4 bridgehead atoms. The zero-order valence-electron chi connectivity index (χ0n) is 25.2. The van der Waals surface area contributed by atoms with Crippen LogP contribution in [0.1, 0.15) is 49.8 Å². The molecule has 0 saturated carbocycles. The number of allylic oxidation sites excluding steroid dienone is 1. The van der Waals surface area contributed by atoms with Crippen LogP contribution in [0.15, 0.2) is 77.2 Å². The van der Waals surface area contributed by atoms with Crippen molar-refractivity contribution in [1.29, 1.82) is 0 Å². The fraction of sp³-hybridized carbons (Fsp3) is 0.312. The molecule has 3 heterocycles. The van der Waals surface area contributed by atoms with Crippen molar-refractivity contribution in [2.75, 3.05) is 5.32 Å². The van der Waals surface area contributed by atoms with Crippen LogP contribution in [0.3, 0.4) is 0 Å². The number of nitrogens with one attached hydrogen (secondary N) is 1. The number of fused-ring (bicyclic) bond motifs is 6. The lowest BCUT2D eigenvalue weighted by molar-refractivity contribution is -0.295. The lowest BCUT2D eigenvalue weighted by Crippen LogP contribution is -2.45. The number of alkyl halides is 6. The molecule has 47 heavy (non-hydrogen) atoms. The average molecular weight is 663 g/mol. The quantitative estimate of drug-likeness (QED) is 0.171. The lowest BCUT2D eigenvalue weighted by Gasteiger charge is -2.31. The highest BCUT2D eigenvalue weighted by atomic mass is 19.4. The number of halogens is 6. The number of hydrogen-bond acceptors (Lipinski definition) is 8. The Morgan fingerprint density at radius 3 is 2.34 bits per heavy atom. The van der Waals surface area contributed by atoms with Gasteiger partial charge in [0.15, 0.2) is 5.69 Å². The van der Waals surface area contributed by atoms with Crippen LogP contribution in [-0.2, 0) is 34.3 Å². The van der Waals surface area contributed by atoms with E-state index in [2.05, 4.69) is 20.5 Å². The van der Waals surface area contributed by atoms with E-state index in [1.54, 1.807) is 42.5 Å². The SMILES string of the molecule is CC(C)(C)OC(=O)Nc1cc(C(F)(F)F)c2nc1-c1nnc(o1)C(OCc1ccccc1)(C(F)(F)F)CC=CCc1ccccc1O2. The number of aromatic nitrogens is 3. The molecule has 1 aliphatic rings. The second-order valence-electron chi connectivity index (χ2n) is 11.5. The summed E-state index contributed by atoms with van der Waals surface area (Å²) in [5.41, 5.74) is -6.12. The molecular formula is C32H28F6N4O5. The van der Waals surface area contributed by atoms with Crippen LogP contribution in [0.2, 0.25) is 0 Å². The van der Waals surface area contributed by atoms with Crippen LogP contribution in [0.4, 0.5) is 36.8 Å². The van der Waals surface area contributed by atoms with Gasteiger partial charge >= 0.3 is 18.4 Å². The zero-order valence-corrected chi connectivity index (χ0v) is 25.2. The summed E-state index contributed by atoms with van der Waals surface area (Å²) < 4.78 is 110. The molecule has 1 atom stereocenters. The molecule has 248 valence electrons. The molecule has 0 spiro atoms.